The topological polar surface area (TPSA) is 53.4 Å². The predicted molar refractivity (Wildman–Crippen MR) is 69.9 cm³/mol. The molecule has 0 saturated carbocycles. The molecule has 0 aliphatic carbocycles. The van der Waals surface area contributed by atoms with E-state index in [1.807, 2.05) is 13.0 Å². The van der Waals surface area contributed by atoms with Crippen LogP contribution in [0.25, 0.3) is 0 Å². The Labute approximate surface area is 106 Å². The fourth-order valence-electron chi connectivity index (χ4n) is 1.78. The molecule has 18 heavy (non-hydrogen) atoms. The number of aromatic nitrogens is 1. The average molecular weight is 242 g/mol. The molecule has 0 atom stereocenters. The monoisotopic (exact) mass is 242 g/mol. The zero-order valence-corrected chi connectivity index (χ0v) is 10.3. The van der Waals surface area contributed by atoms with Crippen LogP contribution in [0, 0.1) is 6.92 Å². The standard InChI is InChI=1S/C14H14N2O2/c1-10-9-13(7-8-15-10)16(11(2)17)12-3-5-14(18)6-4-12/h3-9,18H,1-2H3. The van der Waals surface area contributed by atoms with E-state index in [4.69, 9.17) is 0 Å². The summed E-state index contributed by atoms with van der Waals surface area (Å²) in [5.74, 6) is 0.0828. The van der Waals surface area contributed by atoms with Crippen LogP contribution in [0.3, 0.4) is 0 Å². The number of anilines is 2. The van der Waals surface area contributed by atoms with E-state index in [-0.39, 0.29) is 11.7 Å². The number of amides is 1. The maximum absolute atomic E-state index is 11.8. The van der Waals surface area contributed by atoms with E-state index in [0.717, 1.165) is 11.4 Å². The molecule has 1 aromatic heterocycles. The lowest BCUT2D eigenvalue weighted by atomic mass is 10.2. The van der Waals surface area contributed by atoms with Gasteiger partial charge in [-0.1, -0.05) is 0 Å². The van der Waals surface area contributed by atoms with Gasteiger partial charge >= 0.3 is 0 Å². The first-order valence-corrected chi connectivity index (χ1v) is 5.60. The fourth-order valence-corrected chi connectivity index (χ4v) is 1.78. The quantitative estimate of drug-likeness (QED) is 0.881. The van der Waals surface area contributed by atoms with Crippen molar-refractivity contribution in [3.8, 4) is 5.75 Å². The SMILES string of the molecule is CC(=O)N(c1ccc(O)cc1)c1ccnc(C)c1. The van der Waals surface area contributed by atoms with Crippen molar-refractivity contribution in [2.75, 3.05) is 4.90 Å². The number of hydrogen-bond acceptors (Lipinski definition) is 3. The summed E-state index contributed by atoms with van der Waals surface area (Å²) < 4.78 is 0. The molecule has 2 aromatic rings. The molecule has 0 radical (unpaired) electrons. The van der Waals surface area contributed by atoms with E-state index in [1.54, 1.807) is 41.4 Å². The van der Waals surface area contributed by atoms with Crippen molar-refractivity contribution >= 4 is 17.3 Å². The number of benzene rings is 1. The number of hydrogen-bond donors (Lipinski definition) is 1. The Morgan fingerprint density at radius 3 is 2.39 bits per heavy atom. The first kappa shape index (κ1) is 12.1. The van der Waals surface area contributed by atoms with E-state index in [1.165, 1.54) is 6.92 Å². The summed E-state index contributed by atoms with van der Waals surface area (Å²) in [6, 6.07) is 10.1. The van der Waals surface area contributed by atoms with Crippen LogP contribution in [0.5, 0.6) is 5.75 Å². The third-order valence-corrected chi connectivity index (χ3v) is 2.56. The Hall–Kier alpha value is -2.36. The predicted octanol–water partition coefficient (Wildman–Crippen LogP) is 2.78. The summed E-state index contributed by atoms with van der Waals surface area (Å²) in [5.41, 5.74) is 2.32. The lowest BCUT2D eigenvalue weighted by Gasteiger charge is -2.21. The maximum atomic E-state index is 11.8. The minimum atomic E-state index is -0.0914. The van der Waals surface area contributed by atoms with Crippen LogP contribution in [0.1, 0.15) is 12.6 Å². The number of aromatic hydroxyl groups is 1. The fraction of sp³-hybridized carbons (Fsp3) is 0.143. The molecule has 1 heterocycles. The van der Waals surface area contributed by atoms with E-state index < -0.39 is 0 Å². The van der Waals surface area contributed by atoms with Gasteiger partial charge in [-0.2, -0.15) is 0 Å². The van der Waals surface area contributed by atoms with Crippen LogP contribution in [-0.2, 0) is 4.79 Å². The van der Waals surface area contributed by atoms with E-state index in [9.17, 15) is 9.90 Å². The van der Waals surface area contributed by atoms with Gasteiger partial charge in [0.15, 0.2) is 0 Å². The zero-order valence-electron chi connectivity index (χ0n) is 10.3. The second kappa shape index (κ2) is 4.87. The van der Waals surface area contributed by atoms with Crippen LogP contribution >= 0.6 is 0 Å². The Kier molecular flexibility index (Phi) is 3.28. The Bertz CT molecular complexity index is 564. The highest BCUT2D eigenvalue weighted by molar-refractivity contribution is 5.99. The molecule has 1 amide bonds. The summed E-state index contributed by atoms with van der Waals surface area (Å²) in [4.78, 5) is 17.5. The van der Waals surface area contributed by atoms with Crippen LogP contribution in [0.4, 0.5) is 11.4 Å². The lowest BCUT2D eigenvalue weighted by Crippen LogP contribution is -2.22. The van der Waals surface area contributed by atoms with E-state index in [0.29, 0.717) is 5.69 Å². The second-order valence-corrected chi connectivity index (χ2v) is 4.03. The summed E-state index contributed by atoms with van der Waals surface area (Å²) in [6.07, 6.45) is 1.67. The minimum absolute atomic E-state index is 0.0914. The van der Waals surface area contributed by atoms with Crippen molar-refractivity contribution < 1.29 is 9.90 Å². The molecule has 0 bridgehead atoms. The van der Waals surface area contributed by atoms with Gasteiger partial charge in [-0.3, -0.25) is 14.7 Å². The number of nitrogens with zero attached hydrogens (tertiary/aromatic N) is 2. The number of rotatable bonds is 2. The van der Waals surface area contributed by atoms with Crippen LogP contribution in [0.2, 0.25) is 0 Å². The first-order valence-electron chi connectivity index (χ1n) is 5.60. The van der Waals surface area contributed by atoms with Crippen molar-refractivity contribution in [3.05, 3.63) is 48.3 Å². The van der Waals surface area contributed by atoms with Crippen LogP contribution in [-0.4, -0.2) is 16.0 Å². The highest BCUT2D eigenvalue weighted by Crippen LogP contribution is 2.27. The third kappa shape index (κ3) is 2.48. The number of carbonyl (C=O) groups is 1. The second-order valence-electron chi connectivity index (χ2n) is 4.03. The normalized spacial score (nSPS) is 10.1. The molecule has 0 aliphatic heterocycles. The average Bonchev–Trinajstić information content (AvgIpc) is 2.32. The largest absolute Gasteiger partial charge is 0.508 e. The summed E-state index contributed by atoms with van der Waals surface area (Å²) in [7, 11) is 0. The van der Waals surface area contributed by atoms with Gasteiger partial charge in [0, 0.05) is 24.5 Å². The van der Waals surface area contributed by atoms with Crippen molar-refractivity contribution in [1.29, 1.82) is 0 Å². The van der Waals surface area contributed by atoms with Gasteiger partial charge in [-0.25, -0.2) is 0 Å². The maximum Gasteiger partial charge on any atom is 0.228 e. The summed E-state index contributed by atoms with van der Waals surface area (Å²) in [6.45, 7) is 3.38. The molecular weight excluding hydrogens is 228 g/mol. The van der Waals surface area contributed by atoms with Gasteiger partial charge in [-0.15, -0.1) is 0 Å². The molecule has 2 rings (SSSR count). The van der Waals surface area contributed by atoms with E-state index >= 15 is 0 Å². The van der Waals surface area contributed by atoms with E-state index in [2.05, 4.69) is 4.98 Å². The molecular formula is C14H14N2O2. The molecule has 92 valence electrons. The lowest BCUT2D eigenvalue weighted by molar-refractivity contribution is -0.115. The zero-order chi connectivity index (χ0) is 13.1. The molecule has 4 heteroatoms. The van der Waals surface area contributed by atoms with Crippen LogP contribution in [0.15, 0.2) is 42.6 Å². The molecule has 0 unspecified atom stereocenters. The number of pyridine rings is 1. The molecule has 0 spiro atoms. The highest BCUT2D eigenvalue weighted by atomic mass is 16.3. The van der Waals surface area contributed by atoms with Crippen molar-refractivity contribution in [2.45, 2.75) is 13.8 Å². The molecule has 1 aromatic carbocycles. The number of aryl methyl sites for hydroxylation is 1. The highest BCUT2D eigenvalue weighted by Gasteiger charge is 2.14. The molecule has 0 fully saturated rings. The van der Waals surface area contributed by atoms with Crippen molar-refractivity contribution in [1.82, 2.24) is 4.98 Å². The van der Waals surface area contributed by atoms with Gasteiger partial charge in [-0.05, 0) is 43.3 Å². The minimum Gasteiger partial charge on any atom is -0.508 e. The molecule has 1 N–H and O–H groups in total. The molecule has 4 nitrogen and oxygen atoms in total. The van der Waals surface area contributed by atoms with Gasteiger partial charge < -0.3 is 5.11 Å². The number of carbonyl (C=O) groups excluding carboxylic acids is 1. The smallest absolute Gasteiger partial charge is 0.228 e. The number of phenols is 1. The number of phenolic OH excluding ortho intramolecular Hbond substituents is 1. The van der Waals surface area contributed by atoms with Crippen molar-refractivity contribution in [2.24, 2.45) is 0 Å². The summed E-state index contributed by atoms with van der Waals surface area (Å²) >= 11 is 0. The molecule has 0 aliphatic rings. The Morgan fingerprint density at radius 1 is 1.17 bits per heavy atom. The van der Waals surface area contributed by atoms with Gasteiger partial charge in [0.2, 0.25) is 5.91 Å². The Balaban J connectivity index is 2.46. The third-order valence-electron chi connectivity index (χ3n) is 2.56. The first-order chi connectivity index (χ1) is 8.58. The van der Waals surface area contributed by atoms with Crippen LogP contribution < -0.4 is 4.90 Å². The Morgan fingerprint density at radius 2 is 1.83 bits per heavy atom. The van der Waals surface area contributed by atoms with Gasteiger partial charge in [0.05, 0.1) is 5.69 Å². The van der Waals surface area contributed by atoms with Gasteiger partial charge in [0.25, 0.3) is 0 Å². The molecule has 0 saturated heterocycles. The van der Waals surface area contributed by atoms with Gasteiger partial charge in [0.1, 0.15) is 5.75 Å². The van der Waals surface area contributed by atoms with Crippen molar-refractivity contribution in [3.63, 3.8) is 0 Å². The summed E-state index contributed by atoms with van der Waals surface area (Å²) in [5, 5.41) is 9.28.